The number of benzene rings is 2. The maximum Gasteiger partial charge on any atom is 0.194 e. The highest BCUT2D eigenvalue weighted by Crippen LogP contribution is 2.41. The van der Waals surface area contributed by atoms with Crippen LogP contribution in [0.5, 0.6) is 0 Å². The van der Waals surface area contributed by atoms with Crippen molar-refractivity contribution < 1.29 is 9.59 Å². The Morgan fingerprint density at radius 2 is 0.975 bits per heavy atom. The molecule has 0 saturated heterocycles. The third-order valence-electron chi connectivity index (χ3n) is 7.70. The van der Waals surface area contributed by atoms with Crippen LogP contribution in [0.1, 0.15) is 108 Å². The summed E-state index contributed by atoms with van der Waals surface area (Å²) < 4.78 is 2.19. The number of carbonyl (C=O) groups excluding carboxylic acids is 2. The van der Waals surface area contributed by atoms with Gasteiger partial charge in [-0.3, -0.25) is 9.59 Å². The summed E-state index contributed by atoms with van der Waals surface area (Å²) in [5.74, 6) is -0.129. The second-order valence-corrected chi connectivity index (χ2v) is 15.5. The lowest BCUT2D eigenvalue weighted by atomic mass is 9.82. The van der Waals surface area contributed by atoms with Crippen LogP contribution in [0.3, 0.4) is 0 Å². The number of carbonyl (C=O) groups is 2. The highest BCUT2D eigenvalue weighted by molar-refractivity contribution is 9.11. The molecule has 0 radical (unpaired) electrons. The number of ketones is 2. The van der Waals surface area contributed by atoms with Crippen LogP contribution in [0.2, 0.25) is 0 Å². The Morgan fingerprint density at radius 1 is 0.550 bits per heavy atom. The molecule has 40 heavy (non-hydrogen) atoms. The van der Waals surface area contributed by atoms with Crippen molar-refractivity contribution in [2.45, 2.75) is 78.1 Å². The maximum atomic E-state index is 13.7. The first-order chi connectivity index (χ1) is 19.4. The predicted octanol–water partition coefficient (Wildman–Crippen LogP) is 11.7. The monoisotopic (exact) mass is 696 g/mol. The molecular weight excluding hydrogens is 664 g/mol. The van der Waals surface area contributed by atoms with E-state index < -0.39 is 0 Å². The molecule has 0 saturated carbocycles. The normalized spacial score (nSPS) is 12.6. The lowest BCUT2D eigenvalue weighted by Crippen LogP contribution is -2.21. The summed E-state index contributed by atoms with van der Waals surface area (Å²) in [6.07, 6.45) is 11.7. The minimum Gasteiger partial charge on any atom is -0.289 e. The van der Waals surface area contributed by atoms with Gasteiger partial charge in [0.25, 0.3) is 0 Å². The standard InChI is InChI=1S/C34H34Br2O2S2/c1-3-5-7-9-11-21-19-29(35)39-33(21)23-13-15-25-27(17-23)31(37)26-16-14-24(18-28(26)32(25)38)34-22(20-30(36)40-34)12-10-8-6-4-2/h13-20H,3-12H2,1-2H3. The van der Waals surface area contributed by atoms with Gasteiger partial charge in [-0.05, 0) is 116 Å². The summed E-state index contributed by atoms with van der Waals surface area (Å²) >= 11 is 10.7. The van der Waals surface area contributed by atoms with E-state index in [-0.39, 0.29) is 11.6 Å². The smallest absolute Gasteiger partial charge is 0.194 e. The lowest BCUT2D eigenvalue weighted by molar-refractivity contribution is 0.0979. The molecule has 0 aliphatic heterocycles. The summed E-state index contributed by atoms with van der Waals surface area (Å²) in [6, 6.07) is 16.0. The van der Waals surface area contributed by atoms with E-state index in [9.17, 15) is 9.59 Å². The van der Waals surface area contributed by atoms with Gasteiger partial charge in [-0.1, -0.05) is 64.5 Å². The van der Waals surface area contributed by atoms with Crippen molar-refractivity contribution in [3.63, 3.8) is 0 Å². The van der Waals surface area contributed by atoms with Crippen molar-refractivity contribution >= 4 is 66.1 Å². The summed E-state index contributed by atoms with van der Waals surface area (Å²) in [4.78, 5) is 29.8. The number of hydrogen-bond acceptors (Lipinski definition) is 4. The van der Waals surface area contributed by atoms with Gasteiger partial charge in [-0.15, -0.1) is 22.7 Å². The SMILES string of the molecule is CCCCCCc1cc(Br)sc1-c1ccc2c(c1)C(=O)c1ccc(-c3sc(Br)cc3CCCCCC)cc1C2=O. The van der Waals surface area contributed by atoms with Crippen LogP contribution in [-0.4, -0.2) is 11.6 Å². The molecule has 4 aromatic rings. The Bertz CT molecular complexity index is 1430. The number of thiophene rings is 2. The summed E-state index contributed by atoms with van der Waals surface area (Å²) in [7, 11) is 0. The van der Waals surface area contributed by atoms with E-state index in [0.29, 0.717) is 22.3 Å². The van der Waals surface area contributed by atoms with Crippen molar-refractivity contribution in [1.82, 2.24) is 0 Å². The van der Waals surface area contributed by atoms with Gasteiger partial charge in [0.15, 0.2) is 11.6 Å². The summed E-state index contributed by atoms with van der Waals surface area (Å²) in [5, 5.41) is 0. The van der Waals surface area contributed by atoms with E-state index in [1.807, 2.05) is 36.4 Å². The molecule has 208 valence electrons. The largest absolute Gasteiger partial charge is 0.289 e. The molecular formula is C34H34Br2O2S2. The van der Waals surface area contributed by atoms with Gasteiger partial charge in [0.2, 0.25) is 0 Å². The van der Waals surface area contributed by atoms with E-state index in [2.05, 4.69) is 57.8 Å². The summed E-state index contributed by atoms with van der Waals surface area (Å²) in [5.41, 5.74) is 6.67. The van der Waals surface area contributed by atoms with Gasteiger partial charge in [-0.25, -0.2) is 0 Å². The van der Waals surface area contributed by atoms with E-state index in [1.54, 1.807) is 22.7 Å². The Balaban J connectivity index is 1.44. The molecule has 0 unspecified atom stereocenters. The van der Waals surface area contributed by atoms with E-state index in [1.165, 1.54) is 59.4 Å². The molecule has 2 heterocycles. The molecule has 0 spiro atoms. The number of rotatable bonds is 12. The number of halogens is 2. The Hall–Kier alpha value is -1.86. The second-order valence-electron chi connectivity index (χ2n) is 10.6. The molecule has 2 aromatic carbocycles. The third-order valence-corrected chi connectivity index (χ3v) is 11.2. The molecule has 2 aromatic heterocycles. The van der Waals surface area contributed by atoms with Gasteiger partial charge in [-0.2, -0.15) is 0 Å². The Kier molecular flexibility index (Phi) is 9.93. The van der Waals surface area contributed by atoms with Crippen LogP contribution in [0.4, 0.5) is 0 Å². The van der Waals surface area contributed by atoms with E-state index >= 15 is 0 Å². The number of unbranched alkanes of at least 4 members (excludes halogenated alkanes) is 6. The molecule has 0 bridgehead atoms. The Labute approximate surface area is 262 Å². The van der Waals surface area contributed by atoms with Crippen molar-refractivity contribution in [2.24, 2.45) is 0 Å². The van der Waals surface area contributed by atoms with Crippen LogP contribution < -0.4 is 0 Å². The topological polar surface area (TPSA) is 34.1 Å². The zero-order valence-electron chi connectivity index (χ0n) is 23.1. The average Bonchev–Trinajstić information content (AvgIpc) is 3.53. The van der Waals surface area contributed by atoms with Crippen LogP contribution >= 0.6 is 54.5 Å². The first kappa shape index (κ1) is 29.6. The fraction of sp³-hybridized carbons (Fsp3) is 0.353. The average molecular weight is 699 g/mol. The van der Waals surface area contributed by atoms with E-state index in [0.717, 1.165) is 44.4 Å². The molecule has 0 N–H and O–H groups in total. The second kappa shape index (κ2) is 13.4. The third kappa shape index (κ3) is 6.30. The number of aryl methyl sites for hydroxylation is 2. The molecule has 1 aliphatic carbocycles. The molecule has 2 nitrogen and oxygen atoms in total. The van der Waals surface area contributed by atoms with Gasteiger partial charge < -0.3 is 0 Å². The zero-order valence-corrected chi connectivity index (χ0v) is 27.9. The van der Waals surface area contributed by atoms with Crippen molar-refractivity contribution in [2.75, 3.05) is 0 Å². The van der Waals surface area contributed by atoms with Gasteiger partial charge in [0, 0.05) is 32.0 Å². The fourth-order valence-electron chi connectivity index (χ4n) is 5.57. The molecule has 0 amide bonds. The van der Waals surface area contributed by atoms with Crippen LogP contribution in [0.15, 0.2) is 56.1 Å². The van der Waals surface area contributed by atoms with Crippen molar-refractivity contribution in [3.05, 3.63) is 89.5 Å². The molecule has 0 atom stereocenters. The van der Waals surface area contributed by atoms with Crippen molar-refractivity contribution in [3.8, 4) is 20.9 Å². The number of fused-ring (bicyclic) bond motifs is 2. The summed E-state index contributed by atoms with van der Waals surface area (Å²) in [6.45, 7) is 4.45. The highest BCUT2D eigenvalue weighted by Gasteiger charge is 2.31. The first-order valence-corrected chi connectivity index (χ1v) is 17.6. The van der Waals surface area contributed by atoms with E-state index in [4.69, 9.17) is 0 Å². The first-order valence-electron chi connectivity index (χ1n) is 14.4. The van der Waals surface area contributed by atoms with Crippen molar-refractivity contribution in [1.29, 1.82) is 0 Å². The predicted molar refractivity (Wildman–Crippen MR) is 177 cm³/mol. The minimum atomic E-state index is -0.0646. The maximum absolute atomic E-state index is 13.7. The number of hydrogen-bond donors (Lipinski definition) is 0. The van der Waals surface area contributed by atoms with Gasteiger partial charge >= 0.3 is 0 Å². The molecule has 0 fully saturated rings. The van der Waals surface area contributed by atoms with Crippen LogP contribution in [-0.2, 0) is 12.8 Å². The minimum absolute atomic E-state index is 0.0646. The van der Waals surface area contributed by atoms with Gasteiger partial charge in [0.05, 0.1) is 7.57 Å². The molecule has 5 rings (SSSR count). The lowest BCUT2D eigenvalue weighted by Gasteiger charge is -2.19. The highest BCUT2D eigenvalue weighted by atomic mass is 79.9. The fourth-order valence-corrected chi connectivity index (χ4v) is 8.96. The quantitative estimate of drug-likeness (QED) is 0.122. The zero-order chi connectivity index (χ0) is 28.2. The molecule has 1 aliphatic rings. The van der Waals surface area contributed by atoms with Gasteiger partial charge in [0.1, 0.15) is 0 Å². The molecule has 6 heteroatoms. The van der Waals surface area contributed by atoms with Crippen LogP contribution in [0, 0.1) is 0 Å². The Morgan fingerprint density at radius 3 is 1.38 bits per heavy atom. The van der Waals surface area contributed by atoms with Crippen LogP contribution in [0.25, 0.3) is 20.9 Å².